The van der Waals surface area contributed by atoms with Crippen molar-refractivity contribution >= 4 is 11.7 Å². The van der Waals surface area contributed by atoms with E-state index in [4.69, 9.17) is 9.78 Å². The number of aromatic nitrogens is 1. The van der Waals surface area contributed by atoms with E-state index >= 15 is 0 Å². The standard InChI is InChI=1S/C17H22N2O3/c1-17(2,3)22-21-16(20)14-6-8-15(9-7-14)18-10-13-19-11-4-5-12-19/h4-9,11-12,18H,10,13H2,1-3H3. The molecule has 1 aromatic carbocycles. The summed E-state index contributed by atoms with van der Waals surface area (Å²) in [6.45, 7) is 7.15. The molecule has 1 N–H and O–H groups in total. The lowest BCUT2D eigenvalue weighted by Gasteiger charge is -2.16. The molecule has 0 saturated carbocycles. The molecule has 5 nitrogen and oxygen atoms in total. The molecule has 2 rings (SSSR count). The predicted molar refractivity (Wildman–Crippen MR) is 85.6 cm³/mol. The normalized spacial score (nSPS) is 11.2. The number of rotatable bonds is 6. The van der Waals surface area contributed by atoms with Gasteiger partial charge in [0, 0.05) is 31.2 Å². The molecule has 0 unspecified atom stereocenters. The Morgan fingerprint density at radius 3 is 2.36 bits per heavy atom. The van der Waals surface area contributed by atoms with Crippen LogP contribution in [0, 0.1) is 0 Å². The van der Waals surface area contributed by atoms with E-state index in [1.54, 1.807) is 12.1 Å². The first-order valence-electron chi connectivity index (χ1n) is 7.29. The molecule has 1 aromatic heterocycles. The summed E-state index contributed by atoms with van der Waals surface area (Å²) in [5.41, 5.74) is 0.899. The van der Waals surface area contributed by atoms with Crippen molar-refractivity contribution in [2.45, 2.75) is 32.9 Å². The van der Waals surface area contributed by atoms with Crippen LogP contribution in [0.2, 0.25) is 0 Å². The van der Waals surface area contributed by atoms with E-state index < -0.39 is 11.6 Å². The molecule has 0 radical (unpaired) electrons. The second-order valence-electron chi connectivity index (χ2n) is 5.99. The fourth-order valence-corrected chi connectivity index (χ4v) is 1.78. The first-order valence-corrected chi connectivity index (χ1v) is 7.29. The van der Waals surface area contributed by atoms with Crippen LogP contribution in [0.3, 0.4) is 0 Å². The molecular formula is C17H22N2O3. The van der Waals surface area contributed by atoms with Crippen molar-refractivity contribution in [1.82, 2.24) is 4.57 Å². The van der Waals surface area contributed by atoms with Gasteiger partial charge in [-0.25, -0.2) is 4.79 Å². The average molecular weight is 302 g/mol. The Balaban J connectivity index is 1.80. The van der Waals surface area contributed by atoms with Gasteiger partial charge in [-0.15, -0.1) is 0 Å². The highest BCUT2D eigenvalue weighted by Gasteiger charge is 2.16. The predicted octanol–water partition coefficient (Wildman–Crippen LogP) is 3.49. The molecular weight excluding hydrogens is 280 g/mol. The maximum atomic E-state index is 11.8. The Kier molecular flexibility index (Phi) is 5.22. The molecule has 118 valence electrons. The van der Waals surface area contributed by atoms with E-state index in [-0.39, 0.29) is 0 Å². The summed E-state index contributed by atoms with van der Waals surface area (Å²) in [5, 5.41) is 3.30. The van der Waals surface area contributed by atoms with Crippen molar-refractivity contribution in [3.05, 3.63) is 54.4 Å². The summed E-state index contributed by atoms with van der Waals surface area (Å²) in [6, 6.07) is 11.1. The van der Waals surface area contributed by atoms with Crippen LogP contribution < -0.4 is 5.32 Å². The monoisotopic (exact) mass is 302 g/mol. The lowest BCUT2D eigenvalue weighted by Crippen LogP contribution is -2.21. The Labute approximate surface area is 130 Å². The van der Waals surface area contributed by atoms with Crippen LogP contribution in [0.25, 0.3) is 0 Å². The second-order valence-corrected chi connectivity index (χ2v) is 5.99. The zero-order valence-electron chi connectivity index (χ0n) is 13.2. The summed E-state index contributed by atoms with van der Waals surface area (Å²) in [7, 11) is 0. The molecule has 0 spiro atoms. The highest BCUT2D eigenvalue weighted by Crippen LogP contribution is 2.13. The van der Waals surface area contributed by atoms with Gasteiger partial charge in [-0.1, -0.05) is 0 Å². The molecule has 0 amide bonds. The van der Waals surface area contributed by atoms with Crippen molar-refractivity contribution in [3.63, 3.8) is 0 Å². The van der Waals surface area contributed by atoms with Gasteiger partial charge < -0.3 is 9.88 Å². The van der Waals surface area contributed by atoms with Gasteiger partial charge in [0.15, 0.2) is 0 Å². The topological polar surface area (TPSA) is 52.5 Å². The van der Waals surface area contributed by atoms with Crippen molar-refractivity contribution in [3.8, 4) is 0 Å². The molecule has 0 fully saturated rings. The molecule has 2 aromatic rings. The highest BCUT2D eigenvalue weighted by atomic mass is 17.2. The maximum Gasteiger partial charge on any atom is 0.373 e. The van der Waals surface area contributed by atoms with Crippen LogP contribution >= 0.6 is 0 Å². The quantitative estimate of drug-likeness (QED) is 0.655. The molecule has 0 atom stereocenters. The van der Waals surface area contributed by atoms with E-state index in [1.165, 1.54) is 0 Å². The zero-order chi connectivity index (χ0) is 16.0. The number of benzene rings is 1. The van der Waals surface area contributed by atoms with Gasteiger partial charge in [0.2, 0.25) is 0 Å². The van der Waals surface area contributed by atoms with Gasteiger partial charge in [-0.2, -0.15) is 4.89 Å². The smallest absolute Gasteiger partial charge is 0.373 e. The molecule has 0 saturated heterocycles. The average Bonchev–Trinajstić information content (AvgIpc) is 2.98. The van der Waals surface area contributed by atoms with Crippen molar-refractivity contribution in [2.24, 2.45) is 0 Å². The van der Waals surface area contributed by atoms with Crippen molar-refractivity contribution < 1.29 is 14.6 Å². The van der Waals surface area contributed by atoms with Crippen LogP contribution in [-0.4, -0.2) is 22.7 Å². The van der Waals surface area contributed by atoms with Crippen LogP contribution in [0.1, 0.15) is 31.1 Å². The molecule has 0 aliphatic rings. The highest BCUT2D eigenvalue weighted by molar-refractivity contribution is 5.89. The summed E-state index contributed by atoms with van der Waals surface area (Å²) in [5.74, 6) is -0.492. The summed E-state index contributed by atoms with van der Waals surface area (Å²) >= 11 is 0. The van der Waals surface area contributed by atoms with E-state index in [0.717, 1.165) is 18.8 Å². The maximum absolute atomic E-state index is 11.8. The zero-order valence-corrected chi connectivity index (χ0v) is 13.2. The fourth-order valence-electron chi connectivity index (χ4n) is 1.78. The lowest BCUT2D eigenvalue weighted by atomic mass is 10.2. The number of hydrogen-bond acceptors (Lipinski definition) is 4. The molecule has 1 heterocycles. The minimum atomic E-state index is -0.518. The number of nitrogens with zero attached hydrogens (tertiary/aromatic N) is 1. The minimum absolute atomic E-state index is 0.459. The molecule has 0 bridgehead atoms. The third-order valence-corrected chi connectivity index (χ3v) is 2.85. The van der Waals surface area contributed by atoms with Crippen molar-refractivity contribution in [1.29, 1.82) is 0 Å². The van der Waals surface area contributed by atoms with E-state index in [9.17, 15) is 4.79 Å². The number of hydrogen-bond donors (Lipinski definition) is 1. The van der Waals surface area contributed by atoms with E-state index in [2.05, 4.69) is 9.88 Å². The lowest BCUT2D eigenvalue weighted by molar-refractivity contribution is -0.301. The van der Waals surface area contributed by atoms with E-state index in [0.29, 0.717) is 5.56 Å². The van der Waals surface area contributed by atoms with Crippen LogP contribution in [0.5, 0.6) is 0 Å². The number of carbonyl (C=O) groups excluding carboxylic acids is 1. The molecule has 0 aliphatic carbocycles. The Bertz CT molecular complexity index is 583. The SMILES string of the molecule is CC(C)(C)OOC(=O)c1ccc(NCCn2cccc2)cc1. The molecule has 22 heavy (non-hydrogen) atoms. The van der Waals surface area contributed by atoms with Gasteiger partial charge in [-0.3, -0.25) is 4.89 Å². The first kappa shape index (κ1) is 16.1. The molecule has 0 aliphatic heterocycles. The third-order valence-electron chi connectivity index (χ3n) is 2.85. The van der Waals surface area contributed by atoms with Gasteiger partial charge in [0.1, 0.15) is 5.60 Å². The number of carbonyl (C=O) groups is 1. The Morgan fingerprint density at radius 2 is 1.77 bits per heavy atom. The third kappa shape index (κ3) is 5.26. The van der Waals surface area contributed by atoms with Gasteiger partial charge >= 0.3 is 5.97 Å². The Morgan fingerprint density at radius 1 is 1.14 bits per heavy atom. The van der Waals surface area contributed by atoms with Crippen LogP contribution in [0.15, 0.2) is 48.8 Å². The summed E-state index contributed by atoms with van der Waals surface area (Å²) < 4.78 is 2.10. The fraction of sp³-hybridized carbons (Fsp3) is 0.353. The Hall–Kier alpha value is -2.27. The molecule has 5 heteroatoms. The number of nitrogens with one attached hydrogen (secondary N) is 1. The van der Waals surface area contributed by atoms with Crippen LogP contribution in [-0.2, 0) is 16.3 Å². The first-order chi connectivity index (χ1) is 10.4. The minimum Gasteiger partial charge on any atom is -0.383 e. The van der Waals surface area contributed by atoms with Gasteiger partial charge in [0.05, 0.1) is 5.56 Å². The summed E-state index contributed by atoms with van der Waals surface area (Å²) in [4.78, 5) is 21.6. The second kappa shape index (κ2) is 7.13. The van der Waals surface area contributed by atoms with E-state index in [1.807, 2.05) is 57.4 Å². The number of anilines is 1. The largest absolute Gasteiger partial charge is 0.383 e. The van der Waals surface area contributed by atoms with Gasteiger partial charge in [-0.05, 0) is 57.2 Å². The van der Waals surface area contributed by atoms with Gasteiger partial charge in [0.25, 0.3) is 0 Å². The summed E-state index contributed by atoms with van der Waals surface area (Å²) in [6.07, 6.45) is 4.05. The van der Waals surface area contributed by atoms with Crippen LogP contribution in [0.4, 0.5) is 5.69 Å². The van der Waals surface area contributed by atoms with Crippen molar-refractivity contribution in [2.75, 3.05) is 11.9 Å².